The lowest BCUT2D eigenvalue weighted by molar-refractivity contribution is -0.140. The summed E-state index contributed by atoms with van der Waals surface area (Å²) in [6.45, 7) is 4.34. The van der Waals surface area contributed by atoms with Crippen LogP contribution < -0.4 is 29.0 Å². The molecule has 3 aromatic carbocycles. The number of benzene rings is 3. The van der Waals surface area contributed by atoms with E-state index < -0.39 is 11.9 Å². The molecule has 46 heavy (non-hydrogen) atoms. The van der Waals surface area contributed by atoms with Crippen LogP contribution in [0.3, 0.4) is 0 Å². The van der Waals surface area contributed by atoms with Gasteiger partial charge < -0.3 is 33.7 Å². The SMILES string of the molecule is CCOc1cc(C2C(C(=O)OCCOc3ccccc3)=C(C)NC3=C2C(=O)CC(c2ccc(OC)c(OC)c2)C3)cc(Br)c1OC. The maximum Gasteiger partial charge on any atom is 0.336 e. The average molecular weight is 693 g/mol. The van der Waals surface area contributed by atoms with Crippen LogP contribution in [0.15, 0.2) is 87.7 Å². The Morgan fingerprint density at radius 1 is 0.870 bits per heavy atom. The number of para-hydroxylation sites is 1. The Labute approximate surface area is 277 Å². The first-order valence-corrected chi connectivity index (χ1v) is 15.9. The molecule has 2 unspecified atom stereocenters. The van der Waals surface area contributed by atoms with Gasteiger partial charge in [-0.15, -0.1) is 0 Å². The zero-order valence-corrected chi connectivity index (χ0v) is 28.2. The quantitative estimate of drug-likeness (QED) is 0.161. The Balaban J connectivity index is 1.51. The molecule has 1 N–H and O–H groups in total. The number of dihydropyridines is 1. The second-order valence-corrected chi connectivity index (χ2v) is 11.8. The van der Waals surface area contributed by atoms with Crippen LogP contribution in [-0.2, 0) is 14.3 Å². The van der Waals surface area contributed by atoms with Gasteiger partial charge in [0.1, 0.15) is 19.0 Å². The number of esters is 1. The van der Waals surface area contributed by atoms with E-state index in [0.717, 1.165) is 11.3 Å². The Morgan fingerprint density at radius 2 is 1.61 bits per heavy atom. The average Bonchev–Trinajstić information content (AvgIpc) is 3.06. The van der Waals surface area contributed by atoms with Gasteiger partial charge in [-0.1, -0.05) is 24.3 Å². The van der Waals surface area contributed by atoms with Crippen molar-refractivity contribution < 1.29 is 38.0 Å². The van der Waals surface area contributed by atoms with Crippen molar-refractivity contribution in [2.24, 2.45) is 0 Å². The summed E-state index contributed by atoms with van der Waals surface area (Å²) in [7, 11) is 4.75. The number of rotatable bonds is 12. The van der Waals surface area contributed by atoms with Crippen molar-refractivity contribution in [3.05, 3.63) is 98.8 Å². The molecule has 1 aliphatic heterocycles. The fraction of sp³-hybridized carbons (Fsp3) is 0.333. The highest BCUT2D eigenvalue weighted by atomic mass is 79.9. The molecule has 0 bridgehead atoms. The van der Waals surface area contributed by atoms with Crippen molar-refractivity contribution in [3.63, 3.8) is 0 Å². The molecule has 5 rings (SSSR count). The van der Waals surface area contributed by atoms with E-state index in [-0.39, 0.29) is 31.3 Å². The molecular weight excluding hydrogens is 654 g/mol. The zero-order chi connectivity index (χ0) is 32.8. The fourth-order valence-corrected chi connectivity index (χ4v) is 6.71. The van der Waals surface area contributed by atoms with Gasteiger partial charge in [0.25, 0.3) is 0 Å². The first kappa shape index (κ1) is 32.9. The van der Waals surface area contributed by atoms with Crippen LogP contribution in [0, 0.1) is 0 Å². The predicted octanol–water partition coefficient (Wildman–Crippen LogP) is 6.86. The third-order valence-corrected chi connectivity index (χ3v) is 8.71. The number of ether oxygens (including phenoxy) is 6. The minimum Gasteiger partial charge on any atom is -0.493 e. The van der Waals surface area contributed by atoms with Crippen molar-refractivity contribution >= 4 is 27.7 Å². The summed E-state index contributed by atoms with van der Waals surface area (Å²) in [5, 5.41) is 3.41. The molecule has 3 aromatic rings. The Morgan fingerprint density at radius 3 is 2.30 bits per heavy atom. The first-order chi connectivity index (χ1) is 22.3. The Hall–Kier alpha value is -4.44. The Bertz CT molecular complexity index is 1670. The highest BCUT2D eigenvalue weighted by Gasteiger charge is 2.42. The van der Waals surface area contributed by atoms with Crippen LogP contribution >= 0.6 is 15.9 Å². The van der Waals surface area contributed by atoms with E-state index in [9.17, 15) is 9.59 Å². The maximum absolute atomic E-state index is 14.2. The van der Waals surface area contributed by atoms with Crippen molar-refractivity contribution in [2.75, 3.05) is 41.2 Å². The number of Topliss-reactive ketones (excluding diaryl/α,β-unsaturated/α-hetero) is 1. The monoisotopic (exact) mass is 691 g/mol. The number of allylic oxidation sites excluding steroid dienone is 3. The molecule has 242 valence electrons. The van der Waals surface area contributed by atoms with Gasteiger partial charge in [-0.25, -0.2) is 4.79 Å². The van der Waals surface area contributed by atoms with E-state index >= 15 is 0 Å². The summed E-state index contributed by atoms with van der Waals surface area (Å²) in [6, 6.07) is 18.8. The number of hydrogen-bond donors (Lipinski definition) is 1. The lowest BCUT2D eigenvalue weighted by atomic mass is 9.71. The molecule has 1 aliphatic carbocycles. The summed E-state index contributed by atoms with van der Waals surface area (Å²) in [4.78, 5) is 28.0. The predicted molar refractivity (Wildman–Crippen MR) is 177 cm³/mol. The summed E-state index contributed by atoms with van der Waals surface area (Å²) >= 11 is 3.62. The minimum absolute atomic E-state index is 0.0367. The van der Waals surface area contributed by atoms with Gasteiger partial charge in [0, 0.05) is 29.3 Å². The summed E-state index contributed by atoms with van der Waals surface area (Å²) < 4.78 is 34.6. The van der Waals surface area contributed by atoms with Gasteiger partial charge in [0.05, 0.1) is 38.0 Å². The molecule has 0 saturated carbocycles. The summed E-state index contributed by atoms with van der Waals surface area (Å²) in [6.07, 6.45) is 0.821. The van der Waals surface area contributed by atoms with Crippen molar-refractivity contribution in [3.8, 4) is 28.7 Å². The molecular formula is C36H38BrNO8. The van der Waals surface area contributed by atoms with Gasteiger partial charge in [0.2, 0.25) is 0 Å². The summed E-state index contributed by atoms with van der Waals surface area (Å²) in [5.41, 5.74) is 3.95. The lowest BCUT2D eigenvalue weighted by Crippen LogP contribution is -2.36. The van der Waals surface area contributed by atoms with Gasteiger partial charge in [-0.2, -0.15) is 0 Å². The van der Waals surface area contributed by atoms with E-state index in [4.69, 9.17) is 28.4 Å². The number of methoxy groups -OCH3 is 3. The van der Waals surface area contributed by atoms with Gasteiger partial charge in [0.15, 0.2) is 28.8 Å². The van der Waals surface area contributed by atoms with Gasteiger partial charge >= 0.3 is 5.97 Å². The zero-order valence-electron chi connectivity index (χ0n) is 26.6. The molecule has 0 aromatic heterocycles. The number of halogens is 1. The highest BCUT2D eigenvalue weighted by molar-refractivity contribution is 9.10. The van der Waals surface area contributed by atoms with Crippen LogP contribution in [0.5, 0.6) is 28.7 Å². The maximum atomic E-state index is 14.2. The summed E-state index contributed by atoms with van der Waals surface area (Å²) in [5.74, 6) is 1.55. The van der Waals surface area contributed by atoms with E-state index in [0.29, 0.717) is 68.7 Å². The topological polar surface area (TPSA) is 102 Å². The van der Waals surface area contributed by atoms with Crippen LogP contribution in [0.1, 0.15) is 49.7 Å². The first-order valence-electron chi connectivity index (χ1n) is 15.1. The third kappa shape index (κ3) is 6.87. The largest absolute Gasteiger partial charge is 0.493 e. The second kappa shape index (κ2) is 14.8. The molecule has 0 spiro atoms. The van der Waals surface area contributed by atoms with E-state index in [1.165, 1.54) is 0 Å². The van der Waals surface area contributed by atoms with Crippen LogP contribution in [0.25, 0.3) is 0 Å². The van der Waals surface area contributed by atoms with Gasteiger partial charge in [-0.3, -0.25) is 4.79 Å². The molecule has 10 heteroatoms. The smallest absolute Gasteiger partial charge is 0.336 e. The van der Waals surface area contributed by atoms with Crippen LogP contribution in [-0.4, -0.2) is 52.9 Å². The standard InChI is InChI=1S/C36H38BrNO8/c1-6-44-31-20-24(16-26(37)35(31)43-5)33-32(36(40)46-15-14-45-25-10-8-7-9-11-25)21(2)38-27-17-23(18-28(39)34(27)33)22-12-13-29(41-3)30(19-22)42-4/h7-13,16,19-20,23,33,38H,6,14-15,17-18H2,1-5H3. The van der Waals surface area contributed by atoms with E-state index in [1.54, 1.807) is 21.3 Å². The highest BCUT2D eigenvalue weighted by Crippen LogP contribution is 2.49. The minimum atomic E-state index is -0.695. The number of nitrogens with one attached hydrogen (secondary N) is 1. The fourth-order valence-electron chi connectivity index (χ4n) is 6.09. The lowest BCUT2D eigenvalue weighted by Gasteiger charge is -2.37. The number of carbonyl (C=O) groups is 2. The van der Waals surface area contributed by atoms with E-state index in [1.807, 2.05) is 74.5 Å². The molecule has 0 saturated heterocycles. The molecule has 0 amide bonds. The number of hydrogen-bond acceptors (Lipinski definition) is 9. The van der Waals surface area contributed by atoms with Crippen molar-refractivity contribution in [2.45, 2.75) is 38.5 Å². The third-order valence-electron chi connectivity index (χ3n) is 8.12. The molecule has 0 radical (unpaired) electrons. The van der Waals surface area contributed by atoms with Crippen molar-refractivity contribution in [1.82, 2.24) is 5.32 Å². The molecule has 0 fully saturated rings. The van der Waals surface area contributed by atoms with Crippen LogP contribution in [0.4, 0.5) is 0 Å². The second-order valence-electron chi connectivity index (χ2n) is 10.9. The molecule has 9 nitrogen and oxygen atoms in total. The Kier molecular flexibility index (Phi) is 10.6. The normalized spacial score (nSPS) is 17.6. The van der Waals surface area contributed by atoms with E-state index in [2.05, 4.69) is 21.2 Å². The van der Waals surface area contributed by atoms with Gasteiger partial charge in [-0.05, 0) is 89.6 Å². The van der Waals surface area contributed by atoms with Crippen LogP contribution in [0.2, 0.25) is 0 Å². The number of ketones is 1. The molecule has 2 atom stereocenters. The number of carbonyl (C=O) groups excluding carboxylic acids is 2. The van der Waals surface area contributed by atoms with Crippen molar-refractivity contribution in [1.29, 1.82) is 0 Å². The molecule has 1 heterocycles. The molecule has 2 aliphatic rings.